The Morgan fingerprint density at radius 2 is 1.71 bits per heavy atom. The second-order valence-electron chi connectivity index (χ2n) is 5.43. The number of hydrogen-bond acceptors (Lipinski definition) is 5. The summed E-state index contributed by atoms with van der Waals surface area (Å²) in [6.45, 7) is 6.26. The molecule has 0 atom stereocenters. The molecule has 6 heteroatoms. The van der Waals surface area contributed by atoms with E-state index < -0.39 is 5.97 Å². The summed E-state index contributed by atoms with van der Waals surface area (Å²) in [5.41, 5.74) is 0. The van der Waals surface area contributed by atoms with Gasteiger partial charge in [0.2, 0.25) is 0 Å². The van der Waals surface area contributed by atoms with E-state index in [-0.39, 0.29) is 0 Å². The van der Waals surface area contributed by atoms with Crippen LogP contribution in [0.3, 0.4) is 0 Å². The van der Waals surface area contributed by atoms with E-state index in [1.807, 2.05) is 0 Å². The average Bonchev–Trinajstić information content (AvgIpc) is 2.49. The lowest BCUT2D eigenvalue weighted by Crippen LogP contribution is -2.36. The number of likely N-dealkylation sites (tertiary alicyclic amines) is 1. The van der Waals surface area contributed by atoms with E-state index in [4.69, 9.17) is 19.3 Å². The largest absolute Gasteiger partial charge is 0.481 e. The number of ether oxygens (including phenoxy) is 3. The van der Waals surface area contributed by atoms with Gasteiger partial charge in [-0.1, -0.05) is 0 Å². The second kappa shape index (κ2) is 11.9. The van der Waals surface area contributed by atoms with Crippen molar-refractivity contribution in [2.45, 2.75) is 25.7 Å². The minimum absolute atomic E-state index is 0.302. The van der Waals surface area contributed by atoms with E-state index in [0.717, 1.165) is 45.5 Å². The highest BCUT2D eigenvalue weighted by molar-refractivity contribution is 5.66. The fraction of sp³-hybridized carbons (Fsp3) is 0.933. The van der Waals surface area contributed by atoms with Crippen molar-refractivity contribution in [3.8, 4) is 0 Å². The predicted molar refractivity (Wildman–Crippen MR) is 79.5 cm³/mol. The third-order valence-corrected chi connectivity index (χ3v) is 3.83. The topological polar surface area (TPSA) is 68.2 Å². The van der Waals surface area contributed by atoms with Crippen LogP contribution in [-0.2, 0) is 19.0 Å². The molecule has 1 fully saturated rings. The molecule has 0 aromatic carbocycles. The average molecular weight is 303 g/mol. The van der Waals surface area contributed by atoms with Crippen molar-refractivity contribution in [2.75, 3.05) is 59.8 Å². The first kappa shape index (κ1) is 18.4. The first-order valence-corrected chi connectivity index (χ1v) is 7.81. The summed E-state index contributed by atoms with van der Waals surface area (Å²) in [5.74, 6) is -0.106. The maximum atomic E-state index is 10.5. The van der Waals surface area contributed by atoms with Crippen molar-refractivity contribution in [3.05, 3.63) is 0 Å². The molecule has 1 heterocycles. The van der Waals surface area contributed by atoms with Crippen LogP contribution in [0, 0.1) is 5.92 Å². The van der Waals surface area contributed by atoms with Crippen molar-refractivity contribution in [1.29, 1.82) is 0 Å². The van der Waals surface area contributed by atoms with Crippen LogP contribution in [0.2, 0.25) is 0 Å². The van der Waals surface area contributed by atoms with Gasteiger partial charge in [-0.15, -0.1) is 0 Å². The van der Waals surface area contributed by atoms with Gasteiger partial charge in [-0.3, -0.25) is 4.79 Å². The van der Waals surface area contributed by atoms with Gasteiger partial charge in [0, 0.05) is 20.1 Å². The monoisotopic (exact) mass is 303 g/mol. The van der Waals surface area contributed by atoms with Crippen LogP contribution >= 0.6 is 0 Å². The zero-order chi connectivity index (χ0) is 15.3. The summed E-state index contributed by atoms with van der Waals surface area (Å²) in [7, 11) is 1.66. The SMILES string of the molecule is COCCOCCOCCN1CCC(CCC(=O)O)CC1. The van der Waals surface area contributed by atoms with Gasteiger partial charge >= 0.3 is 5.97 Å². The molecule has 1 rings (SSSR count). The summed E-state index contributed by atoms with van der Waals surface area (Å²) in [6, 6.07) is 0. The van der Waals surface area contributed by atoms with Gasteiger partial charge in [-0.05, 0) is 38.3 Å². The molecule has 21 heavy (non-hydrogen) atoms. The van der Waals surface area contributed by atoms with E-state index in [0.29, 0.717) is 38.8 Å². The molecule has 0 bridgehead atoms. The number of aliphatic carboxylic acids is 1. The Kier molecular flexibility index (Phi) is 10.4. The summed E-state index contributed by atoms with van der Waals surface area (Å²) in [5, 5.41) is 8.69. The number of carboxylic acid groups (broad SMARTS) is 1. The quantitative estimate of drug-likeness (QED) is 0.547. The Bertz CT molecular complexity index is 267. The molecule has 0 radical (unpaired) electrons. The van der Waals surface area contributed by atoms with Crippen molar-refractivity contribution in [1.82, 2.24) is 4.90 Å². The van der Waals surface area contributed by atoms with Gasteiger partial charge < -0.3 is 24.2 Å². The Morgan fingerprint density at radius 3 is 2.33 bits per heavy atom. The predicted octanol–water partition coefficient (Wildman–Crippen LogP) is 1.24. The zero-order valence-electron chi connectivity index (χ0n) is 13.1. The minimum atomic E-state index is -0.682. The molecular weight excluding hydrogens is 274 g/mol. The first-order valence-electron chi connectivity index (χ1n) is 7.81. The highest BCUT2D eigenvalue weighted by atomic mass is 16.5. The lowest BCUT2D eigenvalue weighted by molar-refractivity contribution is -0.137. The maximum Gasteiger partial charge on any atom is 0.303 e. The fourth-order valence-electron chi connectivity index (χ4n) is 2.48. The summed E-state index contributed by atoms with van der Waals surface area (Å²) in [4.78, 5) is 12.9. The van der Waals surface area contributed by atoms with Crippen LogP contribution in [-0.4, -0.2) is 75.8 Å². The lowest BCUT2D eigenvalue weighted by Gasteiger charge is -2.31. The van der Waals surface area contributed by atoms with E-state index in [9.17, 15) is 4.79 Å². The summed E-state index contributed by atoms with van der Waals surface area (Å²) in [6.07, 6.45) is 3.33. The third kappa shape index (κ3) is 9.79. The molecule has 0 saturated carbocycles. The van der Waals surface area contributed by atoms with Gasteiger partial charge in [-0.25, -0.2) is 0 Å². The van der Waals surface area contributed by atoms with Crippen LogP contribution in [0.15, 0.2) is 0 Å². The number of methoxy groups -OCH3 is 1. The highest BCUT2D eigenvalue weighted by Crippen LogP contribution is 2.21. The van der Waals surface area contributed by atoms with E-state index in [1.165, 1.54) is 0 Å². The van der Waals surface area contributed by atoms with E-state index in [2.05, 4.69) is 4.90 Å². The number of carbonyl (C=O) groups is 1. The summed E-state index contributed by atoms with van der Waals surface area (Å²) < 4.78 is 15.7. The Labute approximate surface area is 127 Å². The van der Waals surface area contributed by atoms with Gasteiger partial charge in [0.05, 0.1) is 33.0 Å². The molecule has 0 amide bonds. The van der Waals surface area contributed by atoms with Gasteiger partial charge in [-0.2, -0.15) is 0 Å². The molecule has 0 unspecified atom stereocenters. The molecule has 124 valence electrons. The Balaban J connectivity index is 1.90. The van der Waals surface area contributed by atoms with E-state index >= 15 is 0 Å². The highest BCUT2D eigenvalue weighted by Gasteiger charge is 2.19. The molecular formula is C15H29NO5. The van der Waals surface area contributed by atoms with Crippen LogP contribution in [0.4, 0.5) is 0 Å². The smallest absolute Gasteiger partial charge is 0.303 e. The molecule has 1 saturated heterocycles. The molecule has 1 N–H and O–H groups in total. The normalized spacial score (nSPS) is 17.2. The molecule has 0 aliphatic carbocycles. The first-order chi connectivity index (χ1) is 10.2. The van der Waals surface area contributed by atoms with Crippen LogP contribution in [0.5, 0.6) is 0 Å². The molecule has 1 aliphatic heterocycles. The van der Waals surface area contributed by atoms with Crippen molar-refractivity contribution >= 4 is 5.97 Å². The van der Waals surface area contributed by atoms with Crippen LogP contribution < -0.4 is 0 Å². The van der Waals surface area contributed by atoms with Crippen molar-refractivity contribution < 1.29 is 24.1 Å². The number of piperidine rings is 1. The van der Waals surface area contributed by atoms with E-state index in [1.54, 1.807) is 7.11 Å². The molecule has 0 aromatic rings. The van der Waals surface area contributed by atoms with Crippen LogP contribution in [0.25, 0.3) is 0 Å². The fourth-order valence-corrected chi connectivity index (χ4v) is 2.48. The standard InChI is InChI=1S/C15H29NO5/c1-19-10-11-21-13-12-20-9-8-16-6-4-14(5-7-16)2-3-15(17)18/h14H,2-13H2,1H3,(H,17,18). The molecule has 1 aliphatic rings. The number of nitrogens with zero attached hydrogens (tertiary/aromatic N) is 1. The number of hydrogen-bond donors (Lipinski definition) is 1. The maximum absolute atomic E-state index is 10.5. The number of rotatable bonds is 12. The third-order valence-electron chi connectivity index (χ3n) is 3.83. The van der Waals surface area contributed by atoms with Gasteiger partial charge in [0.15, 0.2) is 0 Å². The van der Waals surface area contributed by atoms with Crippen molar-refractivity contribution in [3.63, 3.8) is 0 Å². The Morgan fingerprint density at radius 1 is 1.10 bits per heavy atom. The molecule has 0 spiro atoms. The second-order valence-corrected chi connectivity index (χ2v) is 5.43. The molecule has 0 aromatic heterocycles. The van der Waals surface area contributed by atoms with Gasteiger partial charge in [0.25, 0.3) is 0 Å². The Hall–Kier alpha value is -0.690. The van der Waals surface area contributed by atoms with Gasteiger partial charge in [0.1, 0.15) is 0 Å². The summed E-state index contributed by atoms with van der Waals surface area (Å²) >= 11 is 0. The zero-order valence-corrected chi connectivity index (χ0v) is 13.1. The minimum Gasteiger partial charge on any atom is -0.481 e. The molecule has 6 nitrogen and oxygen atoms in total. The van der Waals surface area contributed by atoms with Crippen LogP contribution in [0.1, 0.15) is 25.7 Å². The van der Waals surface area contributed by atoms with Crippen molar-refractivity contribution in [2.24, 2.45) is 5.92 Å². The number of carboxylic acids is 1. The lowest BCUT2D eigenvalue weighted by atomic mass is 9.92.